The maximum absolute atomic E-state index is 14.6. The molecule has 67 heavy (non-hydrogen) atoms. The van der Waals surface area contributed by atoms with Crippen LogP contribution in [0.25, 0.3) is 0 Å². The fraction of sp³-hybridized carbons (Fsp3) is 0.592. The van der Waals surface area contributed by atoms with Crippen LogP contribution in [0.1, 0.15) is 125 Å². The molecule has 2 aliphatic heterocycles. The molecule has 0 aliphatic carbocycles. The molecule has 2 aromatic carbocycles. The number of halogens is 2. The standard InChI is InChI=1S/C49H70N8O8.2BrH/c1-5-56(36-40-23-11-13-25-44(40)54(62)63)31-19-7-15-27-50-38(3)42-35-43-39(4)51(49(61)52(46(43)58)29-17-9-21-33-56)28-16-8-20-32-57(6-2,37-41-24-12-14-26-45(41)55(64)65)34-22-10-18-30-53(47(42)59)48(50)60;;/h11-14,23-26H,5-10,15-22,27-37H2,1-4H3;2*1H/q+2;;/p-2. The van der Waals surface area contributed by atoms with E-state index in [4.69, 9.17) is 0 Å². The van der Waals surface area contributed by atoms with E-state index in [1.165, 1.54) is 9.13 Å². The minimum absolute atomic E-state index is 0. The van der Waals surface area contributed by atoms with Gasteiger partial charge < -0.3 is 42.9 Å². The van der Waals surface area contributed by atoms with E-state index in [9.17, 15) is 39.4 Å². The SMILES string of the molecule is CC[N+]1(Cc2ccccc2[N+](=O)[O-])CCCCCn2c(C)c3c(=O)n(c2=O)CCCCC[N+](CC)(Cc2ccccc2[N+](=O)[O-])CCCCCn2c(C)c(c(=O)n(c2=O)CCCCC1)C3.[Br-].[Br-]. The van der Waals surface area contributed by atoms with Crippen molar-refractivity contribution in [2.75, 3.05) is 39.3 Å². The lowest BCUT2D eigenvalue weighted by Crippen LogP contribution is -3.00. The van der Waals surface area contributed by atoms with Crippen LogP contribution in [0.3, 0.4) is 0 Å². The number of para-hydroxylation sites is 2. The molecule has 6 rings (SSSR count). The molecule has 16 nitrogen and oxygen atoms in total. The molecular formula is C49H70Br2N8O8. The Bertz CT molecular complexity index is 2410. The Morgan fingerprint density at radius 2 is 0.806 bits per heavy atom. The predicted molar refractivity (Wildman–Crippen MR) is 252 cm³/mol. The molecule has 6 bridgehead atoms. The fourth-order valence-electron chi connectivity index (χ4n) is 10.6. The molecule has 368 valence electrons. The Balaban J connectivity index is 0.00000490. The molecule has 0 saturated heterocycles. The zero-order chi connectivity index (χ0) is 46.7. The van der Waals surface area contributed by atoms with E-state index in [-0.39, 0.29) is 86.1 Å². The zero-order valence-electron chi connectivity index (χ0n) is 39.9. The summed E-state index contributed by atoms with van der Waals surface area (Å²) in [6.07, 6.45) is 9.00. The molecule has 2 unspecified atom stereocenters. The van der Waals surface area contributed by atoms with Gasteiger partial charge in [-0.2, -0.15) is 0 Å². The normalized spacial score (nSPS) is 20.2. The van der Waals surface area contributed by atoms with Gasteiger partial charge in [0, 0.05) is 67.2 Å². The summed E-state index contributed by atoms with van der Waals surface area (Å²) in [6, 6.07) is 13.9. The highest BCUT2D eigenvalue weighted by Crippen LogP contribution is 2.27. The minimum atomic E-state index is -0.405. The monoisotopic (exact) mass is 1060 g/mol. The van der Waals surface area contributed by atoms with Crippen molar-refractivity contribution in [3.63, 3.8) is 0 Å². The summed E-state index contributed by atoms with van der Waals surface area (Å²) in [6.45, 7) is 14.8. The largest absolute Gasteiger partial charge is 1.00 e. The average molecular weight is 1060 g/mol. The van der Waals surface area contributed by atoms with Gasteiger partial charge in [-0.1, -0.05) is 24.3 Å². The number of nitrogens with zero attached hydrogens (tertiary/aromatic N) is 8. The van der Waals surface area contributed by atoms with Crippen LogP contribution in [0.15, 0.2) is 67.7 Å². The van der Waals surface area contributed by atoms with Crippen molar-refractivity contribution in [1.82, 2.24) is 18.3 Å². The molecule has 18 heteroatoms. The Kier molecular flexibility index (Phi) is 20.7. The number of quaternary nitrogens is 2. The van der Waals surface area contributed by atoms with E-state index in [2.05, 4.69) is 13.8 Å². The van der Waals surface area contributed by atoms with E-state index < -0.39 is 11.1 Å². The lowest BCUT2D eigenvalue weighted by Gasteiger charge is -2.38. The quantitative estimate of drug-likeness (QED) is 0.144. The molecular weight excluding hydrogens is 988 g/mol. The highest BCUT2D eigenvalue weighted by molar-refractivity contribution is 5.40. The summed E-state index contributed by atoms with van der Waals surface area (Å²) in [4.78, 5) is 81.4. The first-order valence-electron chi connectivity index (χ1n) is 24.1. The van der Waals surface area contributed by atoms with Gasteiger partial charge in [0.25, 0.3) is 22.5 Å². The lowest BCUT2D eigenvalue weighted by molar-refractivity contribution is -0.939. The van der Waals surface area contributed by atoms with Crippen molar-refractivity contribution in [1.29, 1.82) is 0 Å². The van der Waals surface area contributed by atoms with E-state index in [1.807, 2.05) is 24.3 Å². The number of aromatic nitrogens is 4. The highest BCUT2D eigenvalue weighted by atomic mass is 79.9. The van der Waals surface area contributed by atoms with E-state index in [0.29, 0.717) is 94.5 Å². The van der Waals surface area contributed by atoms with Crippen molar-refractivity contribution >= 4 is 11.4 Å². The third-order valence-electron chi connectivity index (χ3n) is 14.8. The first kappa shape index (κ1) is 55.1. The third-order valence-corrected chi connectivity index (χ3v) is 14.8. The number of rotatable bonds is 8. The number of fused-ring (bicyclic) bond motifs is 4. The van der Waals surface area contributed by atoms with Crippen molar-refractivity contribution in [2.24, 2.45) is 0 Å². The average Bonchev–Trinajstić information content (AvgIpc) is 3.29. The van der Waals surface area contributed by atoms with Crippen LogP contribution in [-0.4, -0.2) is 76.3 Å². The maximum atomic E-state index is 14.6. The van der Waals surface area contributed by atoms with Gasteiger partial charge in [0.05, 0.1) is 60.2 Å². The highest BCUT2D eigenvalue weighted by Gasteiger charge is 2.31. The summed E-state index contributed by atoms with van der Waals surface area (Å²) in [7, 11) is 0. The van der Waals surface area contributed by atoms with Crippen LogP contribution in [0, 0.1) is 34.1 Å². The summed E-state index contributed by atoms with van der Waals surface area (Å²) >= 11 is 0. The van der Waals surface area contributed by atoms with E-state index >= 15 is 0 Å². The summed E-state index contributed by atoms with van der Waals surface area (Å²) in [5.74, 6) is 0. The molecule has 4 aromatic rings. The predicted octanol–water partition coefficient (Wildman–Crippen LogP) is 1.15. The molecule has 2 aliphatic rings. The van der Waals surface area contributed by atoms with Gasteiger partial charge in [-0.25, -0.2) is 9.59 Å². The van der Waals surface area contributed by atoms with Crippen LogP contribution >= 0.6 is 0 Å². The van der Waals surface area contributed by atoms with Gasteiger partial charge in [0.15, 0.2) is 0 Å². The van der Waals surface area contributed by atoms with Crippen LogP contribution < -0.4 is 56.5 Å². The van der Waals surface area contributed by atoms with Crippen molar-refractivity contribution in [2.45, 2.75) is 150 Å². The molecule has 0 spiro atoms. The molecule has 0 N–H and O–H groups in total. The van der Waals surface area contributed by atoms with Crippen LogP contribution in [0.5, 0.6) is 0 Å². The number of benzene rings is 2. The molecule has 2 aromatic heterocycles. The molecule has 4 heterocycles. The topological polar surface area (TPSA) is 174 Å². The van der Waals surface area contributed by atoms with Gasteiger partial charge in [-0.05, 0) is 117 Å². The summed E-state index contributed by atoms with van der Waals surface area (Å²) in [5.41, 5.74) is 1.93. The summed E-state index contributed by atoms with van der Waals surface area (Å²) in [5, 5.41) is 24.1. The van der Waals surface area contributed by atoms with E-state index in [1.54, 1.807) is 47.2 Å². The van der Waals surface area contributed by atoms with E-state index in [0.717, 1.165) is 90.6 Å². The van der Waals surface area contributed by atoms with Gasteiger partial charge in [-0.15, -0.1) is 0 Å². The Morgan fingerprint density at radius 1 is 0.493 bits per heavy atom. The number of hydrogen-bond acceptors (Lipinski definition) is 8. The Hall–Kier alpha value is -4.52. The number of nitro benzene ring substituents is 2. The second kappa shape index (κ2) is 25.2. The Morgan fingerprint density at radius 3 is 1.12 bits per heavy atom. The van der Waals surface area contributed by atoms with Gasteiger partial charge in [0.1, 0.15) is 13.1 Å². The first-order valence-corrected chi connectivity index (χ1v) is 24.1. The second-order valence-corrected chi connectivity index (χ2v) is 18.6. The molecule has 2 atom stereocenters. The second-order valence-electron chi connectivity index (χ2n) is 18.6. The first-order chi connectivity index (χ1) is 31.2. The van der Waals surface area contributed by atoms with Crippen molar-refractivity contribution < 1.29 is 52.8 Å². The smallest absolute Gasteiger partial charge is 0.331 e. The molecule has 0 radical (unpaired) electrons. The van der Waals surface area contributed by atoms with Crippen molar-refractivity contribution in [3.8, 4) is 0 Å². The maximum Gasteiger partial charge on any atom is 0.331 e. The fourth-order valence-corrected chi connectivity index (χ4v) is 10.6. The lowest BCUT2D eigenvalue weighted by atomic mass is 10.0. The van der Waals surface area contributed by atoms with Gasteiger partial charge in [-0.3, -0.25) is 48.1 Å². The third kappa shape index (κ3) is 13.0. The summed E-state index contributed by atoms with van der Waals surface area (Å²) < 4.78 is 7.39. The molecule has 0 saturated carbocycles. The molecule has 0 amide bonds. The van der Waals surface area contributed by atoms with Crippen molar-refractivity contribution in [3.05, 3.63) is 144 Å². The van der Waals surface area contributed by atoms with Crippen LogP contribution in [0.2, 0.25) is 0 Å². The number of nitro groups is 2. The number of hydrogen-bond donors (Lipinski definition) is 0. The van der Waals surface area contributed by atoms with Crippen LogP contribution in [-0.2, 0) is 45.7 Å². The zero-order valence-corrected chi connectivity index (χ0v) is 43.1. The minimum Gasteiger partial charge on any atom is -1.00 e. The van der Waals surface area contributed by atoms with Crippen LogP contribution in [0.4, 0.5) is 11.4 Å². The molecule has 0 fully saturated rings. The van der Waals surface area contributed by atoms with Gasteiger partial charge in [0.2, 0.25) is 0 Å². The Labute approximate surface area is 414 Å². The van der Waals surface area contributed by atoms with Gasteiger partial charge >= 0.3 is 11.4 Å².